The van der Waals surface area contributed by atoms with Gasteiger partial charge in [-0.15, -0.1) is 0 Å². The second-order valence-electron chi connectivity index (χ2n) is 6.10. The fourth-order valence-electron chi connectivity index (χ4n) is 3.66. The van der Waals surface area contributed by atoms with Gasteiger partial charge < -0.3 is 4.90 Å². The first-order chi connectivity index (χ1) is 11.2. The van der Waals surface area contributed by atoms with Gasteiger partial charge in [-0.05, 0) is 35.6 Å². The first-order valence-corrected chi connectivity index (χ1v) is 8.02. The molecule has 1 fully saturated rings. The molecular formula is C19H18N2O2. The molecule has 4 nitrogen and oxygen atoms in total. The molecule has 1 N–H and O–H groups in total. The second kappa shape index (κ2) is 5.54. The number of amides is 2. The molecule has 2 heterocycles. The van der Waals surface area contributed by atoms with Crippen LogP contribution in [0.2, 0.25) is 0 Å². The van der Waals surface area contributed by atoms with E-state index in [9.17, 15) is 9.59 Å². The minimum absolute atomic E-state index is 0.173. The minimum atomic E-state index is -0.368. The monoisotopic (exact) mass is 306 g/mol. The molecule has 1 unspecified atom stereocenters. The number of nitrogens with one attached hydrogen (secondary N) is 1. The Morgan fingerprint density at radius 1 is 1.00 bits per heavy atom. The van der Waals surface area contributed by atoms with Gasteiger partial charge in [-0.1, -0.05) is 42.5 Å². The van der Waals surface area contributed by atoms with E-state index >= 15 is 0 Å². The highest BCUT2D eigenvalue weighted by atomic mass is 16.2. The van der Waals surface area contributed by atoms with Crippen LogP contribution < -0.4 is 10.2 Å². The number of carbonyl (C=O) groups excluding carboxylic acids is 2. The summed E-state index contributed by atoms with van der Waals surface area (Å²) in [4.78, 5) is 25.7. The van der Waals surface area contributed by atoms with E-state index < -0.39 is 0 Å². The molecule has 116 valence electrons. The number of rotatable bonds is 2. The Morgan fingerprint density at radius 3 is 2.57 bits per heavy atom. The summed E-state index contributed by atoms with van der Waals surface area (Å²) in [7, 11) is 0. The normalized spacial score (nSPS) is 20.3. The summed E-state index contributed by atoms with van der Waals surface area (Å²) in [5.41, 5.74) is 4.78. The molecule has 4 rings (SSSR count). The van der Waals surface area contributed by atoms with Crippen molar-refractivity contribution in [1.29, 1.82) is 0 Å². The smallest absolute Gasteiger partial charge is 0.249 e. The molecule has 1 saturated heterocycles. The maximum absolute atomic E-state index is 12.1. The van der Waals surface area contributed by atoms with Crippen molar-refractivity contribution >= 4 is 17.5 Å². The van der Waals surface area contributed by atoms with E-state index in [0.29, 0.717) is 0 Å². The number of fused-ring (bicyclic) bond motifs is 1. The van der Waals surface area contributed by atoms with Gasteiger partial charge in [-0.3, -0.25) is 14.9 Å². The number of hydrogen-bond acceptors (Lipinski definition) is 3. The SMILES string of the molecule is O=C1CC(N2CCCc3c(-c4ccccc4)cccc32)C(=O)N1. The topological polar surface area (TPSA) is 49.4 Å². The molecule has 23 heavy (non-hydrogen) atoms. The molecule has 4 heteroatoms. The predicted octanol–water partition coefficient (Wildman–Crippen LogP) is 2.52. The summed E-state index contributed by atoms with van der Waals surface area (Å²) >= 11 is 0. The van der Waals surface area contributed by atoms with E-state index in [-0.39, 0.29) is 24.3 Å². The number of nitrogens with zero attached hydrogens (tertiary/aromatic N) is 1. The van der Waals surface area contributed by atoms with Crippen LogP contribution in [0.1, 0.15) is 18.4 Å². The van der Waals surface area contributed by atoms with Crippen molar-refractivity contribution < 1.29 is 9.59 Å². The maximum Gasteiger partial charge on any atom is 0.249 e. The van der Waals surface area contributed by atoms with Crippen molar-refractivity contribution in [1.82, 2.24) is 5.32 Å². The third kappa shape index (κ3) is 2.40. The molecular weight excluding hydrogens is 288 g/mol. The summed E-state index contributed by atoms with van der Waals surface area (Å²) in [5, 5.41) is 2.42. The largest absolute Gasteiger partial charge is 0.359 e. The summed E-state index contributed by atoms with van der Waals surface area (Å²) in [6.45, 7) is 0.816. The van der Waals surface area contributed by atoms with Gasteiger partial charge in [0.2, 0.25) is 11.8 Å². The zero-order chi connectivity index (χ0) is 15.8. The Kier molecular flexibility index (Phi) is 3.37. The van der Waals surface area contributed by atoms with Gasteiger partial charge in [0.05, 0.1) is 6.42 Å². The highest BCUT2D eigenvalue weighted by Crippen LogP contribution is 2.37. The molecule has 2 amide bonds. The number of imide groups is 1. The third-order valence-electron chi connectivity index (χ3n) is 4.69. The van der Waals surface area contributed by atoms with Crippen molar-refractivity contribution in [3.05, 3.63) is 54.1 Å². The average molecular weight is 306 g/mol. The van der Waals surface area contributed by atoms with Crippen LogP contribution in [0.3, 0.4) is 0 Å². The lowest BCUT2D eigenvalue weighted by Gasteiger charge is -2.35. The van der Waals surface area contributed by atoms with Crippen molar-refractivity contribution in [2.75, 3.05) is 11.4 Å². The van der Waals surface area contributed by atoms with Crippen LogP contribution in [0.25, 0.3) is 11.1 Å². The van der Waals surface area contributed by atoms with Crippen LogP contribution in [0.5, 0.6) is 0 Å². The van der Waals surface area contributed by atoms with Gasteiger partial charge >= 0.3 is 0 Å². The second-order valence-corrected chi connectivity index (χ2v) is 6.10. The molecule has 0 saturated carbocycles. The third-order valence-corrected chi connectivity index (χ3v) is 4.69. The maximum atomic E-state index is 12.1. The van der Waals surface area contributed by atoms with E-state index in [1.165, 1.54) is 16.7 Å². The van der Waals surface area contributed by atoms with Gasteiger partial charge in [0, 0.05) is 12.2 Å². The van der Waals surface area contributed by atoms with Crippen molar-refractivity contribution in [2.45, 2.75) is 25.3 Å². The van der Waals surface area contributed by atoms with Crippen molar-refractivity contribution in [2.24, 2.45) is 0 Å². The Balaban J connectivity index is 1.78. The van der Waals surface area contributed by atoms with Gasteiger partial charge in [-0.2, -0.15) is 0 Å². The zero-order valence-electron chi connectivity index (χ0n) is 12.8. The van der Waals surface area contributed by atoms with E-state index in [4.69, 9.17) is 0 Å². The van der Waals surface area contributed by atoms with Crippen LogP contribution >= 0.6 is 0 Å². The Hall–Kier alpha value is -2.62. The van der Waals surface area contributed by atoms with Crippen LogP contribution in [0.4, 0.5) is 5.69 Å². The quantitative estimate of drug-likeness (QED) is 0.867. The van der Waals surface area contributed by atoms with Crippen LogP contribution in [-0.2, 0) is 16.0 Å². The standard InChI is InChI=1S/C19H18N2O2/c22-18-12-17(19(23)20-18)21-11-5-9-15-14(8-4-10-16(15)21)13-6-2-1-3-7-13/h1-4,6-8,10,17H,5,9,11-12H2,(H,20,22,23). The van der Waals surface area contributed by atoms with E-state index in [1.807, 2.05) is 24.3 Å². The van der Waals surface area contributed by atoms with Crippen LogP contribution in [-0.4, -0.2) is 24.4 Å². The van der Waals surface area contributed by atoms with E-state index in [1.54, 1.807) is 0 Å². The van der Waals surface area contributed by atoms with Gasteiger partial charge in [0.25, 0.3) is 0 Å². The molecule has 1 atom stereocenters. The summed E-state index contributed by atoms with van der Waals surface area (Å²) < 4.78 is 0. The summed E-state index contributed by atoms with van der Waals surface area (Å²) in [5.74, 6) is -0.348. The molecule has 0 bridgehead atoms. The van der Waals surface area contributed by atoms with E-state index in [2.05, 4.69) is 34.5 Å². The lowest BCUT2D eigenvalue weighted by Crippen LogP contribution is -2.43. The zero-order valence-corrected chi connectivity index (χ0v) is 12.8. The molecule has 2 aliphatic rings. The predicted molar refractivity (Wildman–Crippen MR) is 89.1 cm³/mol. The molecule has 0 spiro atoms. The number of carbonyl (C=O) groups is 2. The highest BCUT2D eigenvalue weighted by Gasteiger charge is 2.37. The van der Waals surface area contributed by atoms with Crippen molar-refractivity contribution in [3.8, 4) is 11.1 Å². The summed E-state index contributed by atoms with van der Waals surface area (Å²) in [6, 6.07) is 16.2. The van der Waals surface area contributed by atoms with Gasteiger partial charge in [0.15, 0.2) is 0 Å². The molecule has 0 aliphatic carbocycles. The van der Waals surface area contributed by atoms with Crippen LogP contribution in [0.15, 0.2) is 48.5 Å². The average Bonchev–Trinajstić information content (AvgIpc) is 2.93. The Labute approximate surface area is 135 Å². The fourth-order valence-corrected chi connectivity index (χ4v) is 3.66. The number of benzene rings is 2. The van der Waals surface area contributed by atoms with Gasteiger partial charge in [0.1, 0.15) is 6.04 Å². The number of anilines is 1. The summed E-state index contributed by atoms with van der Waals surface area (Å²) in [6.07, 6.45) is 2.25. The molecule has 2 aromatic carbocycles. The molecule has 2 aromatic rings. The Morgan fingerprint density at radius 2 is 1.83 bits per heavy atom. The lowest BCUT2D eigenvalue weighted by atomic mass is 9.91. The number of hydrogen-bond donors (Lipinski definition) is 1. The van der Waals surface area contributed by atoms with Crippen LogP contribution in [0, 0.1) is 0 Å². The Bertz CT molecular complexity index is 770. The molecule has 0 radical (unpaired) electrons. The molecule has 2 aliphatic heterocycles. The first-order valence-electron chi connectivity index (χ1n) is 8.02. The van der Waals surface area contributed by atoms with E-state index in [0.717, 1.165) is 25.1 Å². The molecule has 0 aromatic heterocycles. The fraction of sp³-hybridized carbons (Fsp3) is 0.263. The van der Waals surface area contributed by atoms with Crippen molar-refractivity contribution in [3.63, 3.8) is 0 Å². The highest BCUT2D eigenvalue weighted by molar-refractivity contribution is 6.07. The lowest BCUT2D eigenvalue weighted by molar-refractivity contribution is -0.125. The van der Waals surface area contributed by atoms with Gasteiger partial charge in [-0.25, -0.2) is 0 Å². The minimum Gasteiger partial charge on any atom is -0.359 e. The first kappa shape index (κ1) is 14.0.